The first-order chi connectivity index (χ1) is 30.7. The van der Waals surface area contributed by atoms with Crippen molar-refractivity contribution in [1.82, 2.24) is 19.5 Å². The van der Waals surface area contributed by atoms with E-state index in [4.69, 9.17) is 19.4 Å². The molecule has 5 heteroatoms. The van der Waals surface area contributed by atoms with Gasteiger partial charge in [-0.25, -0.2) is 15.0 Å². The van der Waals surface area contributed by atoms with Crippen LogP contribution in [0.15, 0.2) is 223 Å². The fourth-order valence-corrected chi connectivity index (χ4v) is 8.91. The van der Waals surface area contributed by atoms with Gasteiger partial charge in [0.25, 0.3) is 0 Å². The van der Waals surface area contributed by atoms with Crippen molar-refractivity contribution in [2.45, 2.75) is 0 Å². The number of rotatable bonds is 7. The molecule has 0 bridgehead atoms. The number of furan rings is 1. The third kappa shape index (κ3) is 6.06. The van der Waals surface area contributed by atoms with Crippen LogP contribution in [0.25, 0.3) is 117 Å². The summed E-state index contributed by atoms with van der Waals surface area (Å²) >= 11 is 0. The van der Waals surface area contributed by atoms with Gasteiger partial charge in [-0.05, 0) is 81.9 Å². The van der Waals surface area contributed by atoms with Crippen molar-refractivity contribution in [2.75, 3.05) is 0 Å². The van der Waals surface area contributed by atoms with Crippen LogP contribution in [-0.4, -0.2) is 19.5 Å². The topological polar surface area (TPSA) is 56.7 Å². The Morgan fingerprint density at radius 1 is 0.306 bits per heavy atom. The zero-order chi connectivity index (χ0) is 41.0. The highest BCUT2D eigenvalue weighted by Crippen LogP contribution is 2.45. The second-order valence-electron chi connectivity index (χ2n) is 15.6. The number of nitrogens with zero attached hydrogens (tertiary/aromatic N) is 4. The average molecular weight is 793 g/mol. The Morgan fingerprint density at radius 3 is 1.52 bits per heavy atom. The van der Waals surface area contributed by atoms with E-state index in [0.717, 1.165) is 99.5 Å². The van der Waals surface area contributed by atoms with E-state index in [0.29, 0.717) is 17.5 Å². The number of hydrogen-bond acceptors (Lipinski definition) is 4. The monoisotopic (exact) mass is 792 g/mol. The van der Waals surface area contributed by atoms with E-state index in [1.54, 1.807) is 0 Å². The Bertz CT molecular complexity index is 3540. The number of para-hydroxylation sites is 2. The summed E-state index contributed by atoms with van der Waals surface area (Å²) in [5, 5.41) is 4.28. The van der Waals surface area contributed by atoms with Crippen molar-refractivity contribution in [1.29, 1.82) is 0 Å². The molecule has 290 valence electrons. The third-order valence-electron chi connectivity index (χ3n) is 11.8. The molecule has 0 unspecified atom stereocenters. The van der Waals surface area contributed by atoms with Gasteiger partial charge in [-0.2, -0.15) is 0 Å². The molecule has 0 radical (unpaired) electrons. The van der Waals surface area contributed by atoms with Crippen molar-refractivity contribution in [3.8, 4) is 73.2 Å². The molecule has 12 rings (SSSR count). The molecule has 0 atom stereocenters. The van der Waals surface area contributed by atoms with Crippen LogP contribution in [0.5, 0.6) is 0 Å². The normalized spacial score (nSPS) is 11.5. The lowest BCUT2D eigenvalue weighted by atomic mass is 9.89. The second-order valence-corrected chi connectivity index (χ2v) is 15.6. The Kier molecular flexibility index (Phi) is 8.42. The molecule has 5 nitrogen and oxygen atoms in total. The summed E-state index contributed by atoms with van der Waals surface area (Å²) in [6.45, 7) is 0. The quantitative estimate of drug-likeness (QED) is 0.161. The highest BCUT2D eigenvalue weighted by atomic mass is 16.3. The summed E-state index contributed by atoms with van der Waals surface area (Å²) in [7, 11) is 0. The molecule has 0 saturated carbocycles. The van der Waals surface area contributed by atoms with Gasteiger partial charge < -0.3 is 8.98 Å². The largest absolute Gasteiger partial charge is 0.455 e. The zero-order valence-electron chi connectivity index (χ0n) is 33.5. The highest BCUT2D eigenvalue weighted by molar-refractivity contribution is 6.19. The Balaban J connectivity index is 1.20. The van der Waals surface area contributed by atoms with E-state index < -0.39 is 0 Å². The van der Waals surface area contributed by atoms with Gasteiger partial charge in [0.05, 0.1) is 16.6 Å². The molecule has 3 heterocycles. The fourth-order valence-electron chi connectivity index (χ4n) is 8.91. The summed E-state index contributed by atoms with van der Waals surface area (Å²) in [5.74, 6) is 1.72. The summed E-state index contributed by atoms with van der Waals surface area (Å²) < 4.78 is 9.45. The number of aromatic nitrogens is 4. The summed E-state index contributed by atoms with van der Waals surface area (Å²) in [5.41, 5.74) is 14.1. The molecule has 0 fully saturated rings. The minimum atomic E-state index is 0.535. The molecule has 0 spiro atoms. The SMILES string of the molecule is c1ccc(-c2ccc(-c3ccccc3)c(-c3cc(-c4nc(-c5ccccc5)nc(-c5ccccc5)n4)c4oc5cc6c7ccccc7n(-c7ccccc7)c6cc5c4c3)c2)cc1. The van der Waals surface area contributed by atoms with Crippen molar-refractivity contribution >= 4 is 43.7 Å². The third-order valence-corrected chi connectivity index (χ3v) is 11.8. The minimum Gasteiger partial charge on any atom is -0.455 e. The number of benzene rings is 9. The van der Waals surface area contributed by atoms with Crippen LogP contribution >= 0.6 is 0 Å². The Morgan fingerprint density at radius 2 is 0.855 bits per heavy atom. The van der Waals surface area contributed by atoms with Gasteiger partial charge in [0.15, 0.2) is 17.5 Å². The van der Waals surface area contributed by atoms with Gasteiger partial charge in [0.2, 0.25) is 0 Å². The molecule has 0 aliphatic carbocycles. The Labute approximate surface area is 357 Å². The van der Waals surface area contributed by atoms with Crippen molar-refractivity contribution in [3.05, 3.63) is 218 Å². The molecule has 62 heavy (non-hydrogen) atoms. The molecule has 0 N–H and O–H groups in total. The maximum Gasteiger partial charge on any atom is 0.167 e. The lowest BCUT2D eigenvalue weighted by Crippen LogP contribution is -2.00. The van der Waals surface area contributed by atoms with Crippen molar-refractivity contribution in [2.24, 2.45) is 0 Å². The van der Waals surface area contributed by atoms with E-state index in [1.165, 1.54) is 0 Å². The van der Waals surface area contributed by atoms with Gasteiger partial charge in [-0.3, -0.25) is 0 Å². The van der Waals surface area contributed by atoms with Crippen LogP contribution in [0.4, 0.5) is 0 Å². The highest BCUT2D eigenvalue weighted by Gasteiger charge is 2.23. The predicted molar refractivity (Wildman–Crippen MR) is 254 cm³/mol. The van der Waals surface area contributed by atoms with Gasteiger partial charge in [-0.1, -0.05) is 170 Å². The second kappa shape index (κ2) is 14.7. The van der Waals surface area contributed by atoms with E-state index in [1.807, 2.05) is 60.7 Å². The van der Waals surface area contributed by atoms with Crippen LogP contribution in [-0.2, 0) is 0 Å². The van der Waals surface area contributed by atoms with Crippen LogP contribution in [0.1, 0.15) is 0 Å². The number of hydrogen-bond donors (Lipinski definition) is 0. The first-order valence-corrected chi connectivity index (χ1v) is 20.8. The maximum atomic E-state index is 7.09. The molecule has 12 aromatic rings. The minimum absolute atomic E-state index is 0.535. The van der Waals surface area contributed by atoms with Gasteiger partial charge in [0.1, 0.15) is 11.2 Å². The summed E-state index contributed by atoms with van der Waals surface area (Å²) in [6.07, 6.45) is 0. The van der Waals surface area contributed by atoms with Gasteiger partial charge in [0, 0.05) is 38.4 Å². The first kappa shape index (κ1) is 35.5. The lowest BCUT2D eigenvalue weighted by molar-refractivity contribution is 0.670. The fraction of sp³-hybridized carbons (Fsp3) is 0. The first-order valence-electron chi connectivity index (χ1n) is 20.8. The lowest BCUT2D eigenvalue weighted by Gasteiger charge is -2.15. The van der Waals surface area contributed by atoms with Crippen molar-refractivity contribution in [3.63, 3.8) is 0 Å². The summed E-state index contributed by atoms with van der Waals surface area (Å²) in [4.78, 5) is 15.6. The van der Waals surface area contributed by atoms with Crippen LogP contribution < -0.4 is 0 Å². The predicted octanol–water partition coefficient (Wildman–Crippen LogP) is 14.9. The van der Waals surface area contributed by atoms with Gasteiger partial charge >= 0.3 is 0 Å². The average Bonchev–Trinajstić information content (AvgIpc) is 3.88. The van der Waals surface area contributed by atoms with Crippen molar-refractivity contribution < 1.29 is 4.42 Å². The van der Waals surface area contributed by atoms with Gasteiger partial charge in [-0.15, -0.1) is 0 Å². The standard InChI is InChI=1S/C57H36N4O/c1-6-18-37(19-7-1)41-30-31-44(38-20-8-2-9-21-38)46(32-41)42-33-49-48-35-52-47(45-28-16-17-29-51(45)61(52)43-26-14-5-15-27-43)36-53(48)62-54(49)50(34-42)57-59-55(39-22-10-3-11-23-39)58-56(60-57)40-24-12-4-13-25-40/h1-36H. The Hall–Kier alpha value is -8.41. The maximum absolute atomic E-state index is 7.09. The molecule has 3 aromatic heterocycles. The molecule has 0 aliphatic heterocycles. The van der Waals surface area contributed by atoms with E-state index in [2.05, 4.69) is 162 Å². The molecular weight excluding hydrogens is 757 g/mol. The molecule has 0 amide bonds. The molecule has 9 aromatic carbocycles. The molecular formula is C57H36N4O. The summed E-state index contributed by atoms with van der Waals surface area (Å²) in [6, 6.07) is 76.4. The van der Waals surface area contributed by atoms with Crippen LogP contribution in [0.2, 0.25) is 0 Å². The van der Waals surface area contributed by atoms with Crippen LogP contribution in [0, 0.1) is 0 Å². The molecule has 0 saturated heterocycles. The zero-order valence-corrected chi connectivity index (χ0v) is 33.5. The van der Waals surface area contributed by atoms with E-state index in [-0.39, 0.29) is 0 Å². The van der Waals surface area contributed by atoms with E-state index in [9.17, 15) is 0 Å². The molecule has 0 aliphatic rings. The smallest absolute Gasteiger partial charge is 0.167 e. The van der Waals surface area contributed by atoms with E-state index >= 15 is 0 Å². The van der Waals surface area contributed by atoms with Crippen LogP contribution in [0.3, 0.4) is 0 Å². The number of fused-ring (bicyclic) bond motifs is 6.